The van der Waals surface area contributed by atoms with E-state index in [0.717, 1.165) is 32.4 Å². The number of hydrogen-bond acceptors (Lipinski definition) is 6. The van der Waals surface area contributed by atoms with Gasteiger partial charge in [-0.2, -0.15) is 11.8 Å². The minimum atomic E-state index is -0.399. The molecule has 1 fully saturated rings. The maximum atomic E-state index is 12.6. The van der Waals surface area contributed by atoms with Crippen LogP contribution in [-0.4, -0.2) is 44.9 Å². The maximum absolute atomic E-state index is 12.6. The molecule has 138 valence electrons. The number of thioether (sulfide) groups is 1. The standard InChI is InChI=1S/C18H22N4O3S/c1-20-10-8-19-18(20)17(23)13-6-7-15(16(11-13)22(24)25)21-9-4-3-5-14(12-21)26-2/h6-8,10-11,14H,3-5,9,12H2,1-2H3. The minimum Gasteiger partial charge on any atom is -0.365 e. The van der Waals surface area contributed by atoms with Gasteiger partial charge in [0.1, 0.15) is 5.69 Å². The summed E-state index contributed by atoms with van der Waals surface area (Å²) in [6, 6.07) is 4.75. The van der Waals surface area contributed by atoms with Gasteiger partial charge in [0.05, 0.1) is 4.92 Å². The van der Waals surface area contributed by atoms with E-state index in [4.69, 9.17) is 0 Å². The summed E-state index contributed by atoms with van der Waals surface area (Å²) >= 11 is 1.80. The molecule has 26 heavy (non-hydrogen) atoms. The van der Waals surface area contributed by atoms with Crippen LogP contribution in [0, 0.1) is 10.1 Å². The zero-order chi connectivity index (χ0) is 18.7. The van der Waals surface area contributed by atoms with Gasteiger partial charge in [0, 0.05) is 49.4 Å². The third kappa shape index (κ3) is 3.75. The van der Waals surface area contributed by atoms with Crippen LogP contribution in [-0.2, 0) is 7.05 Å². The number of ketones is 1. The van der Waals surface area contributed by atoms with Gasteiger partial charge in [-0.15, -0.1) is 0 Å². The molecule has 0 radical (unpaired) electrons. The number of benzene rings is 1. The molecule has 1 aromatic carbocycles. The molecular weight excluding hydrogens is 352 g/mol. The van der Waals surface area contributed by atoms with Gasteiger partial charge in [-0.05, 0) is 31.2 Å². The Morgan fingerprint density at radius 3 is 2.85 bits per heavy atom. The largest absolute Gasteiger partial charge is 0.365 e. The Morgan fingerprint density at radius 2 is 2.19 bits per heavy atom. The second kappa shape index (κ2) is 7.90. The molecule has 0 N–H and O–H groups in total. The van der Waals surface area contributed by atoms with Crippen molar-refractivity contribution >= 4 is 28.9 Å². The number of rotatable bonds is 5. The van der Waals surface area contributed by atoms with Crippen LogP contribution in [0.2, 0.25) is 0 Å². The molecule has 3 rings (SSSR count). The molecule has 1 atom stereocenters. The van der Waals surface area contributed by atoms with Gasteiger partial charge in [0.25, 0.3) is 5.69 Å². The van der Waals surface area contributed by atoms with E-state index in [-0.39, 0.29) is 22.9 Å². The van der Waals surface area contributed by atoms with Crippen molar-refractivity contribution in [3.05, 3.63) is 52.1 Å². The lowest BCUT2D eigenvalue weighted by Crippen LogP contribution is -2.30. The number of aromatic nitrogens is 2. The van der Waals surface area contributed by atoms with E-state index < -0.39 is 4.92 Å². The zero-order valence-corrected chi connectivity index (χ0v) is 15.7. The average Bonchev–Trinajstić information content (AvgIpc) is 2.92. The van der Waals surface area contributed by atoms with Crippen molar-refractivity contribution in [3.63, 3.8) is 0 Å². The second-order valence-corrected chi connectivity index (χ2v) is 7.59. The fourth-order valence-electron chi connectivity index (χ4n) is 3.31. The molecule has 1 saturated heterocycles. The number of anilines is 1. The first kappa shape index (κ1) is 18.4. The highest BCUT2D eigenvalue weighted by atomic mass is 32.2. The van der Waals surface area contributed by atoms with Gasteiger partial charge in [-0.1, -0.05) is 6.42 Å². The lowest BCUT2D eigenvalue weighted by atomic mass is 10.1. The van der Waals surface area contributed by atoms with Crippen LogP contribution in [0.1, 0.15) is 35.4 Å². The van der Waals surface area contributed by atoms with Gasteiger partial charge in [-0.25, -0.2) is 4.98 Å². The monoisotopic (exact) mass is 374 g/mol. The lowest BCUT2D eigenvalue weighted by molar-refractivity contribution is -0.384. The molecule has 0 spiro atoms. The molecule has 0 aliphatic carbocycles. The fraction of sp³-hybridized carbons (Fsp3) is 0.444. The Balaban J connectivity index is 1.96. The van der Waals surface area contributed by atoms with Crippen molar-refractivity contribution in [1.82, 2.24) is 9.55 Å². The molecular formula is C18H22N4O3S. The Bertz CT molecular complexity index is 821. The molecule has 1 aliphatic rings. The summed E-state index contributed by atoms with van der Waals surface area (Å²) < 4.78 is 1.61. The van der Waals surface area contributed by atoms with Gasteiger partial charge >= 0.3 is 0 Å². The number of carbonyl (C=O) groups excluding carboxylic acids is 1. The van der Waals surface area contributed by atoms with Gasteiger partial charge < -0.3 is 9.47 Å². The Labute approximate surface area is 156 Å². The number of aryl methyl sites for hydroxylation is 1. The molecule has 1 aromatic heterocycles. The summed E-state index contributed by atoms with van der Waals surface area (Å²) in [7, 11) is 1.73. The van der Waals surface area contributed by atoms with Crippen LogP contribution in [0.15, 0.2) is 30.6 Å². The summed E-state index contributed by atoms with van der Waals surface area (Å²) in [6.07, 6.45) is 8.57. The molecule has 8 heteroatoms. The average molecular weight is 374 g/mol. The summed E-state index contributed by atoms with van der Waals surface area (Å²) in [6.45, 7) is 1.58. The first-order valence-corrected chi connectivity index (χ1v) is 9.88. The maximum Gasteiger partial charge on any atom is 0.293 e. The minimum absolute atomic E-state index is 0.0215. The van der Waals surface area contributed by atoms with Crippen LogP contribution in [0.3, 0.4) is 0 Å². The van der Waals surface area contributed by atoms with Crippen LogP contribution in [0.4, 0.5) is 11.4 Å². The van der Waals surface area contributed by atoms with Crippen molar-refractivity contribution in [2.24, 2.45) is 7.05 Å². The quantitative estimate of drug-likeness (QED) is 0.454. The summed E-state index contributed by atoms with van der Waals surface area (Å²) in [5, 5.41) is 12.1. The van der Waals surface area contributed by atoms with Gasteiger partial charge in [-0.3, -0.25) is 14.9 Å². The smallest absolute Gasteiger partial charge is 0.293 e. The van der Waals surface area contributed by atoms with Crippen molar-refractivity contribution < 1.29 is 9.72 Å². The van der Waals surface area contributed by atoms with E-state index in [2.05, 4.69) is 16.1 Å². The number of nitrogens with zero attached hydrogens (tertiary/aromatic N) is 4. The fourth-order valence-corrected chi connectivity index (χ4v) is 4.04. The van der Waals surface area contributed by atoms with Crippen molar-refractivity contribution in [1.29, 1.82) is 0 Å². The van der Waals surface area contributed by atoms with E-state index >= 15 is 0 Å². The SMILES string of the molecule is CSC1CCCCN(c2ccc(C(=O)c3nccn3C)cc2[N+](=O)[O-])C1. The molecule has 2 aromatic rings. The summed E-state index contributed by atoms with van der Waals surface area (Å²) in [5.74, 6) is -0.0470. The normalized spacial score (nSPS) is 17.8. The first-order chi connectivity index (χ1) is 12.5. The highest BCUT2D eigenvalue weighted by Gasteiger charge is 2.26. The van der Waals surface area contributed by atoms with Crippen molar-refractivity contribution in [3.8, 4) is 0 Å². The number of imidazole rings is 1. The predicted molar refractivity (Wildman–Crippen MR) is 103 cm³/mol. The Morgan fingerprint density at radius 1 is 1.38 bits per heavy atom. The summed E-state index contributed by atoms with van der Waals surface area (Å²) in [5.41, 5.74) is 0.852. The summed E-state index contributed by atoms with van der Waals surface area (Å²) in [4.78, 5) is 30.0. The van der Waals surface area contributed by atoms with E-state index in [1.54, 1.807) is 41.7 Å². The van der Waals surface area contributed by atoms with E-state index in [0.29, 0.717) is 10.9 Å². The number of carbonyl (C=O) groups is 1. The van der Waals surface area contributed by atoms with E-state index in [9.17, 15) is 14.9 Å². The third-order valence-electron chi connectivity index (χ3n) is 4.76. The first-order valence-electron chi connectivity index (χ1n) is 8.59. The molecule has 0 saturated carbocycles. The van der Waals surface area contributed by atoms with Crippen molar-refractivity contribution in [2.75, 3.05) is 24.2 Å². The predicted octanol–water partition coefficient (Wildman–Crippen LogP) is 3.28. The molecule has 1 aliphatic heterocycles. The van der Waals surface area contributed by atoms with Gasteiger partial charge in [0.2, 0.25) is 5.78 Å². The number of nitro groups is 1. The molecule has 1 unspecified atom stereocenters. The molecule has 0 amide bonds. The highest BCUT2D eigenvalue weighted by Crippen LogP contribution is 2.33. The van der Waals surface area contributed by atoms with E-state index in [1.165, 1.54) is 12.3 Å². The van der Waals surface area contributed by atoms with Crippen LogP contribution in [0.25, 0.3) is 0 Å². The lowest BCUT2D eigenvalue weighted by Gasteiger charge is -2.25. The third-order valence-corrected chi connectivity index (χ3v) is 5.81. The number of nitro benzene ring substituents is 1. The molecule has 0 bridgehead atoms. The van der Waals surface area contributed by atoms with Crippen LogP contribution in [0.5, 0.6) is 0 Å². The molecule has 7 nitrogen and oxygen atoms in total. The second-order valence-electron chi connectivity index (χ2n) is 6.45. The van der Waals surface area contributed by atoms with Crippen molar-refractivity contribution in [2.45, 2.75) is 24.5 Å². The van der Waals surface area contributed by atoms with Gasteiger partial charge in [0.15, 0.2) is 5.82 Å². The number of hydrogen-bond donors (Lipinski definition) is 0. The topological polar surface area (TPSA) is 81.3 Å². The zero-order valence-electron chi connectivity index (χ0n) is 14.9. The van der Waals surface area contributed by atoms with E-state index in [1.807, 2.05) is 0 Å². The highest BCUT2D eigenvalue weighted by molar-refractivity contribution is 7.99. The van der Waals surface area contributed by atoms with Crippen LogP contribution < -0.4 is 4.90 Å². The molecule has 2 heterocycles. The Hall–Kier alpha value is -2.35. The van der Waals surface area contributed by atoms with Crippen LogP contribution >= 0.6 is 11.8 Å². The Kier molecular flexibility index (Phi) is 5.61.